The zero-order valence-corrected chi connectivity index (χ0v) is 17.7. The maximum Gasteiger partial charge on any atom is 0.135 e. The Labute approximate surface area is 167 Å². The number of benzene rings is 3. The van der Waals surface area contributed by atoms with Gasteiger partial charge in [0.1, 0.15) is 5.82 Å². The smallest absolute Gasteiger partial charge is 0.135 e. The maximum absolute atomic E-state index is 5.03. The molecule has 0 aliphatic carbocycles. The average molecular weight is 369 g/mol. The fourth-order valence-corrected chi connectivity index (χ4v) is 3.49. The molecular formula is C26H28N2. The van der Waals surface area contributed by atoms with Crippen LogP contribution >= 0.6 is 0 Å². The molecule has 2 heteroatoms. The minimum atomic E-state index is -0.114. The van der Waals surface area contributed by atoms with Gasteiger partial charge >= 0.3 is 0 Å². The second-order valence-corrected chi connectivity index (χ2v) is 9.69. The number of aromatic nitrogens is 2. The second-order valence-electron chi connectivity index (χ2n) is 9.69. The van der Waals surface area contributed by atoms with Crippen LogP contribution in [-0.2, 0) is 10.8 Å². The van der Waals surface area contributed by atoms with Gasteiger partial charge in [0.2, 0.25) is 0 Å². The Morgan fingerprint density at radius 3 is 2.04 bits per heavy atom. The van der Waals surface area contributed by atoms with Crippen LogP contribution in [0.5, 0.6) is 0 Å². The van der Waals surface area contributed by atoms with Crippen LogP contribution in [0.25, 0.3) is 32.9 Å². The number of rotatable bonds is 1. The highest BCUT2D eigenvalue weighted by atomic mass is 14.9. The van der Waals surface area contributed by atoms with E-state index in [-0.39, 0.29) is 10.8 Å². The summed E-state index contributed by atoms with van der Waals surface area (Å²) >= 11 is 0. The Kier molecular flexibility index (Phi) is 4.26. The van der Waals surface area contributed by atoms with Crippen molar-refractivity contribution in [2.45, 2.75) is 52.4 Å². The molecule has 0 radical (unpaired) electrons. The van der Waals surface area contributed by atoms with Gasteiger partial charge in [0.05, 0.1) is 11.2 Å². The number of fused-ring (bicyclic) bond motifs is 2. The van der Waals surface area contributed by atoms with Crippen LogP contribution in [0.15, 0.2) is 60.7 Å². The lowest BCUT2D eigenvalue weighted by Crippen LogP contribution is -2.17. The maximum atomic E-state index is 5.03. The third-order valence-electron chi connectivity index (χ3n) is 5.26. The minimum Gasteiger partial charge on any atom is -0.232 e. The zero-order chi connectivity index (χ0) is 20.1. The van der Waals surface area contributed by atoms with Crippen LogP contribution in [0.3, 0.4) is 0 Å². The lowest BCUT2D eigenvalue weighted by atomic mass is 9.86. The summed E-state index contributed by atoms with van der Waals surface area (Å²) in [7, 11) is 0. The van der Waals surface area contributed by atoms with Gasteiger partial charge in [-0.1, -0.05) is 90.1 Å². The van der Waals surface area contributed by atoms with Crippen molar-refractivity contribution in [1.82, 2.24) is 9.97 Å². The van der Waals surface area contributed by atoms with Crippen LogP contribution < -0.4 is 0 Å². The summed E-state index contributed by atoms with van der Waals surface area (Å²) in [5, 5.41) is 3.59. The molecule has 0 saturated heterocycles. The van der Waals surface area contributed by atoms with E-state index in [1.165, 1.54) is 16.3 Å². The molecule has 4 aromatic rings. The third-order valence-corrected chi connectivity index (χ3v) is 5.26. The number of hydrogen-bond acceptors (Lipinski definition) is 2. The van der Waals surface area contributed by atoms with Gasteiger partial charge in [-0.2, -0.15) is 0 Å². The Balaban J connectivity index is 2.02. The topological polar surface area (TPSA) is 25.8 Å². The van der Waals surface area contributed by atoms with Crippen molar-refractivity contribution in [2.24, 2.45) is 0 Å². The van der Waals surface area contributed by atoms with E-state index in [0.29, 0.717) is 0 Å². The third kappa shape index (κ3) is 3.40. The van der Waals surface area contributed by atoms with Gasteiger partial charge in [-0.15, -0.1) is 0 Å². The molecule has 3 aromatic carbocycles. The summed E-state index contributed by atoms with van der Waals surface area (Å²) in [4.78, 5) is 9.99. The van der Waals surface area contributed by atoms with E-state index < -0.39 is 0 Å². The lowest BCUT2D eigenvalue weighted by Gasteiger charge is -2.22. The van der Waals surface area contributed by atoms with Gasteiger partial charge in [0, 0.05) is 16.4 Å². The molecule has 0 spiro atoms. The van der Waals surface area contributed by atoms with Crippen molar-refractivity contribution >= 4 is 21.7 Å². The summed E-state index contributed by atoms with van der Waals surface area (Å²) in [6, 6.07) is 21.7. The molecule has 0 atom stereocenters. The molecule has 28 heavy (non-hydrogen) atoms. The van der Waals surface area contributed by atoms with Crippen LogP contribution in [0.4, 0.5) is 0 Å². The van der Waals surface area contributed by atoms with E-state index >= 15 is 0 Å². The van der Waals surface area contributed by atoms with Crippen molar-refractivity contribution in [3.63, 3.8) is 0 Å². The molecule has 0 unspecified atom stereocenters. The first kappa shape index (κ1) is 18.6. The molecule has 0 N–H and O–H groups in total. The first-order chi connectivity index (χ1) is 13.1. The normalized spacial score (nSPS) is 12.6. The van der Waals surface area contributed by atoms with E-state index in [1.807, 2.05) is 0 Å². The summed E-state index contributed by atoms with van der Waals surface area (Å²) < 4.78 is 0. The molecule has 0 fully saturated rings. The number of hydrogen-bond donors (Lipinski definition) is 0. The SMILES string of the molecule is CC(C)(C)c1ccc2c(-c3ccc4ccccc4c3)nc(C(C)(C)C)nc2c1. The molecule has 0 saturated carbocycles. The van der Waals surface area contributed by atoms with Crippen LogP contribution in [0, 0.1) is 0 Å². The van der Waals surface area contributed by atoms with Gasteiger partial charge < -0.3 is 0 Å². The van der Waals surface area contributed by atoms with Gasteiger partial charge in [-0.3, -0.25) is 0 Å². The van der Waals surface area contributed by atoms with E-state index in [0.717, 1.165) is 28.0 Å². The second kappa shape index (κ2) is 6.41. The van der Waals surface area contributed by atoms with Crippen LogP contribution in [0.2, 0.25) is 0 Å². The molecule has 0 aliphatic heterocycles. The molecular weight excluding hydrogens is 340 g/mol. The Morgan fingerprint density at radius 2 is 1.36 bits per heavy atom. The molecule has 142 valence electrons. The Bertz CT molecular complexity index is 1170. The van der Waals surface area contributed by atoms with Gasteiger partial charge in [-0.25, -0.2) is 9.97 Å². The van der Waals surface area contributed by atoms with E-state index in [1.54, 1.807) is 0 Å². The molecule has 2 nitrogen and oxygen atoms in total. The number of nitrogens with zero attached hydrogens (tertiary/aromatic N) is 2. The Morgan fingerprint density at radius 1 is 0.643 bits per heavy atom. The average Bonchev–Trinajstić information content (AvgIpc) is 2.64. The highest BCUT2D eigenvalue weighted by Gasteiger charge is 2.22. The molecule has 0 bridgehead atoms. The van der Waals surface area contributed by atoms with Gasteiger partial charge in [0.15, 0.2) is 0 Å². The van der Waals surface area contributed by atoms with Crippen molar-refractivity contribution in [2.75, 3.05) is 0 Å². The van der Waals surface area contributed by atoms with Crippen molar-refractivity contribution < 1.29 is 0 Å². The lowest BCUT2D eigenvalue weighted by molar-refractivity contribution is 0.549. The fraction of sp³-hybridized carbons (Fsp3) is 0.308. The van der Waals surface area contributed by atoms with Crippen LogP contribution in [-0.4, -0.2) is 9.97 Å². The van der Waals surface area contributed by atoms with Crippen molar-refractivity contribution in [3.05, 3.63) is 72.1 Å². The van der Waals surface area contributed by atoms with Crippen molar-refractivity contribution in [1.29, 1.82) is 0 Å². The highest BCUT2D eigenvalue weighted by Crippen LogP contribution is 2.33. The molecule has 0 aliphatic rings. The van der Waals surface area contributed by atoms with Gasteiger partial charge in [-0.05, 0) is 33.9 Å². The molecule has 4 rings (SSSR count). The molecule has 1 heterocycles. The monoisotopic (exact) mass is 368 g/mol. The quantitative estimate of drug-likeness (QED) is 0.360. The summed E-state index contributed by atoms with van der Waals surface area (Å²) in [5.41, 5.74) is 4.45. The first-order valence-electron chi connectivity index (χ1n) is 9.95. The fourth-order valence-electron chi connectivity index (χ4n) is 3.49. The Hall–Kier alpha value is -2.74. The van der Waals surface area contributed by atoms with E-state index in [2.05, 4.69) is 102 Å². The predicted molar refractivity (Wildman–Crippen MR) is 120 cm³/mol. The van der Waals surface area contributed by atoms with Crippen LogP contribution in [0.1, 0.15) is 52.9 Å². The highest BCUT2D eigenvalue weighted by molar-refractivity contribution is 5.96. The van der Waals surface area contributed by atoms with E-state index in [9.17, 15) is 0 Å². The van der Waals surface area contributed by atoms with Gasteiger partial charge in [0.25, 0.3) is 0 Å². The predicted octanol–water partition coefficient (Wildman–Crippen LogP) is 7.05. The summed E-state index contributed by atoms with van der Waals surface area (Å²) in [6.45, 7) is 13.2. The standard InChI is InChI=1S/C26H28N2/c1-25(2,3)20-13-14-21-22(16-20)27-24(26(4,5)6)28-23(21)19-12-11-17-9-7-8-10-18(17)15-19/h7-16H,1-6H3. The zero-order valence-electron chi connectivity index (χ0n) is 17.7. The minimum absolute atomic E-state index is 0.0874. The first-order valence-corrected chi connectivity index (χ1v) is 9.95. The van der Waals surface area contributed by atoms with E-state index in [4.69, 9.17) is 9.97 Å². The summed E-state index contributed by atoms with van der Waals surface area (Å²) in [5.74, 6) is 0.884. The molecule has 0 amide bonds. The largest absolute Gasteiger partial charge is 0.232 e. The summed E-state index contributed by atoms with van der Waals surface area (Å²) in [6.07, 6.45) is 0. The molecule has 1 aromatic heterocycles. The van der Waals surface area contributed by atoms with Crippen molar-refractivity contribution in [3.8, 4) is 11.3 Å².